The van der Waals surface area contributed by atoms with E-state index >= 15 is 0 Å². The van der Waals surface area contributed by atoms with Gasteiger partial charge in [0.15, 0.2) is 0 Å². The SMILES string of the molecule is C=CCC[C@@H](N)c1c(F)ccc(Br)c1F.Cl. The minimum absolute atomic E-state index is 0. The van der Waals surface area contributed by atoms with Crippen LogP contribution in [0.25, 0.3) is 0 Å². The van der Waals surface area contributed by atoms with E-state index in [-0.39, 0.29) is 22.4 Å². The summed E-state index contributed by atoms with van der Waals surface area (Å²) in [7, 11) is 0. The molecule has 5 heteroatoms. The van der Waals surface area contributed by atoms with E-state index in [0.29, 0.717) is 12.8 Å². The van der Waals surface area contributed by atoms with Gasteiger partial charge in [0, 0.05) is 11.6 Å². The summed E-state index contributed by atoms with van der Waals surface area (Å²) in [6.07, 6.45) is 2.79. The zero-order valence-electron chi connectivity index (χ0n) is 8.55. The lowest BCUT2D eigenvalue weighted by Crippen LogP contribution is -2.14. The standard InChI is InChI=1S/C11H12BrF2N.ClH/c1-2-3-4-9(15)10-8(13)6-5-7(12)11(10)14;/h2,5-6,9H,1,3-4,15H2;1H/t9-;/m1./s1. The molecular formula is C11H13BrClF2N. The number of nitrogens with two attached hydrogens (primary N) is 1. The van der Waals surface area contributed by atoms with Gasteiger partial charge in [0.1, 0.15) is 11.6 Å². The molecule has 1 aromatic rings. The van der Waals surface area contributed by atoms with Gasteiger partial charge in [0.2, 0.25) is 0 Å². The summed E-state index contributed by atoms with van der Waals surface area (Å²) in [5, 5.41) is 0. The van der Waals surface area contributed by atoms with Crippen LogP contribution in [0.4, 0.5) is 8.78 Å². The minimum Gasteiger partial charge on any atom is -0.324 e. The molecule has 0 fully saturated rings. The van der Waals surface area contributed by atoms with Crippen molar-refractivity contribution < 1.29 is 8.78 Å². The Morgan fingerprint density at radius 1 is 1.44 bits per heavy atom. The molecule has 0 aliphatic heterocycles. The van der Waals surface area contributed by atoms with Crippen molar-refractivity contribution in [3.8, 4) is 0 Å². The molecule has 1 rings (SSSR count). The molecule has 1 nitrogen and oxygen atoms in total. The first-order chi connectivity index (χ1) is 7.07. The summed E-state index contributed by atoms with van der Waals surface area (Å²) in [5.41, 5.74) is 5.64. The van der Waals surface area contributed by atoms with Crippen molar-refractivity contribution >= 4 is 28.3 Å². The number of benzene rings is 1. The molecule has 1 aromatic carbocycles. The smallest absolute Gasteiger partial charge is 0.145 e. The maximum absolute atomic E-state index is 13.5. The lowest BCUT2D eigenvalue weighted by Gasteiger charge is -2.13. The summed E-state index contributed by atoms with van der Waals surface area (Å²) in [6.45, 7) is 3.54. The van der Waals surface area contributed by atoms with Gasteiger partial charge in [0.05, 0.1) is 4.47 Å². The van der Waals surface area contributed by atoms with Gasteiger partial charge in [-0.05, 0) is 40.9 Å². The van der Waals surface area contributed by atoms with Crippen LogP contribution in [0.1, 0.15) is 24.4 Å². The number of halogens is 4. The molecule has 0 aromatic heterocycles. The molecule has 0 aliphatic carbocycles. The van der Waals surface area contributed by atoms with Crippen molar-refractivity contribution in [3.05, 3.63) is 46.5 Å². The van der Waals surface area contributed by atoms with Crippen LogP contribution < -0.4 is 5.73 Å². The van der Waals surface area contributed by atoms with Crippen LogP contribution >= 0.6 is 28.3 Å². The minimum atomic E-state index is -0.638. The molecule has 90 valence electrons. The van der Waals surface area contributed by atoms with Gasteiger partial charge in [0.25, 0.3) is 0 Å². The molecule has 0 amide bonds. The van der Waals surface area contributed by atoms with Crippen LogP contribution in [0, 0.1) is 11.6 Å². The average Bonchev–Trinajstić information content (AvgIpc) is 2.21. The summed E-state index contributed by atoms with van der Waals surface area (Å²) in [4.78, 5) is 0. The highest BCUT2D eigenvalue weighted by atomic mass is 79.9. The van der Waals surface area contributed by atoms with Crippen molar-refractivity contribution in [2.24, 2.45) is 5.73 Å². The van der Waals surface area contributed by atoms with Crippen LogP contribution in [0.15, 0.2) is 29.3 Å². The quantitative estimate of drug-likeness (QED) is 0.657. The molecule has 0 heterocycles. The van der Waals surface area contributed by atoms with E-state index in [1.165, 1.54) is 12.1 Å². The Morgan fingerprint density at radius 3 is 2.62 bits per heavy atom. The lowest BCUT2D eigenvalue weighted by atomic mass is 10.0. The fraction of sp³-hybridized carbons (Fsp3) is 0.273. The van der Waals surface area contributed by atoms with Gasteiger partial charge in [-0.15, -0.1) is 19.0 Å². The number of rotatable bonds is 4. The summed E-state index contributed by atoms with van der Waals surface area (Å²) >= 11 is 3.00. The molecule has 0 bridgehead atoms. The highest BCUT2D eigenvalue weighted by Gasteiger charge is 2.18. The Bertz CT molecular complexity index is 371. The first-order valence-electron chi connectivity index (χ1n) is 4.57. The first-order valence-corrected chi connectivity index (χ1v) is 5.37. The third-order valence-electron chi connectivity index (χ3n) is 2.13. The fourth-order valence-corrected chi connectivity index (χ4v) is 1.67. The third-order valence-corrected chi connectivity index (χ3v) is 2.74. The Labute approximate surface area is 108 Å². The summed E-state index contributed by atoms with van der Waals surface area (Å²) < 4.78 is 27.1. The summed E-state index contributed by atoms with van der Waals surface area (Å²) in [6, 6.07) is 1.89. The first kappa shape index (κ1) is 15.6. The Kier molecular flexibility index (Phi) is 6.79. The normalized spacial score (nSPS) is 11.8. The molecule has 0 saturated heterocycles. The molecule has 0 spiro atoms. The number of hydrogen-bond acceptors (Lipinski definition) is 1. The van der Waals surface area contributed by atoms with E-state index in [1.807, 2.05) is 0 Å². The van der Waals surface area contributed by atoms with Gasteiger partial charge >= 0.3 is 0 Å². The van der Waals surface area contributed by atoms with Crippen molar-refractivity contribution in [1.29, 1.82) is 0 Å². The summed E-state index contributed by atoms with van der Waals surface area (Å²) in [5.74, 6) is -1.22. The van der Waals surface area contributed by atoms with Gasteiger partial charge in [-0.1, -0.05) is 6.08 Å². The van der Waals surface area contributed by atoms with Crippen molar-refractivity contribution in [3.63, 3.8) is 0 Å². The molecule has 0 unspecified atom stereocenters. The van der Waals surface area contributed by atoms with Crippen LogP contribution in [0.3, 0.4) is 0 Å². The van der Waals surface area contributed by atoms with Crippen molar-refractivity contribution in [1.82, 2.24) is 0 Å². The zero-order valence-corrected chi connectivity index (χ0v) is 11.0. The molecule has 0 aliphatic rings. The second-order valence-corrected chi connectivity index (χ2v) is 4.08. The lowest BCUT2D eigenvalue weighted by molar-refractivity contribution is 0.511. The Hall–Kier alpha value is -0.450. The van der Waals surface area contributed by atoms with Crippen molar-refractivity contribution in [2.45, 2.75) is 18.9 Å². The van der Waals surface area contributed by atoms with Crippen LogP contribution in [-0.4, -0.2) is 0 Å². The topological polar surface area (TPSA) is 26.0 Å². The maximum atomic E-state index is 13.5. The molecule has 0 saturated carbocycles. The molecular weight excluding hydrogens is 299 g/mol. The van der Waals surface area contributed by atoms with Crippen molar-refractivity contribution in [2.75, 3.05) is 0 Å². The monoisotopic (exact) mass is 311 g/mol. The van der Waals surface area contributed by atoms with Crippen LogP contribution in [-0.2, 0) is 0 Å². The highest BCUT2D eigenvalue weighted by molar-refractivity contribution is 9.10. The second kappa shape index (κ2) is 6.99. The average molecular weight is 313 g/mol. The third kappa shape index (κ3) is 3.54. The second-order valence-electron chi connectivity index (χ2n) is 3.23. The zero-order chi connectivity index (χ0) is 11.4. The van der Waals surface area contributed by atoms with E-state index in [0.717, 1.165) is 0 Å². The largest absolute Gasteiger partial charge is 0.324 e. The molecule has 1 atom stereocenters. The van der Waals surface area contributed by atoms with Gasteiger partial charge in [-0.25, -0.2) is 8.78 Å². The molecule has 2 N–H and O–H groups in total. The van der Waals surface area contributed by atoms with Gasteiger partial charge in [-0.3, -0.25) is 0 Å². The predicted octanol–water partition coefficient (Wildman–Crippen LogP) is 4.12. The van der Waals surface area contributed by atoms with E-state index in [4.69, 9.17) is 5.73 Å². The number of hydrogen-bond donors (Lipinski definition) is 1. The van der Waals surface area contributed by atoms with Gasteiger partial charge in [-0.2, -0.15) is 0 Å². The Balaban J connectivity index is 0.00000225. The van der Waals surface area contributed by atoms with Crippen LogP contribution in [0.5, 0.6) is 0 Å². The van der Waals surface area contributed by atoms with E-state index in [2.05, 4.69) is 22.5 Å². The van der Waals surface area contributed by atoms with Gasteiger partial charge < -0.3 is 5.73 Å². The fourth-order valence-electron chi connectivity index (χ4n) is 1.32. The number of allylic oxidation sites excluding steroid dienone is 1. The molecule has 0 radical (unpaired) electrons. The van der Waals surface area contributed by atoms with Crippen LogP contribution in [0.2, 0.25) is 0 Å². The maximum Gasteiger partial charge on any atom is 0.145 e. The van der Waals surface area contributed by atoms with E-state index < -0.39 is 17.7 Å². The van der Waals surface area contributed by atoms with E-state index in [9.17, 15) is 8.78 Å². The predicted molar refractivity (Wildman–Crippen MR) is 67.7 cm³/mol. The highest BCUT2D eigenvalue weighted by Crippen LogP contribution is 2.27. The Morgan fingerprint density at radius 2 is 2.06 bits per heavy atom. The molecule has 16 heavy (non-hydrogen) atoms. The van der Waals surface area contributed by atoms with E-state index in [1.54, 1.807) is 6.08 Å².